The average Bonchev–Trinajstić information content (AvgIpc) is 3.05. The highest BCUT2D eigenvalue weighted by atomic mass is 32.2. The summed E-state index contributed by atoms with van der Waals surface area (Å²) in [5, 5.41) is 30.5. The number of methoxy groups -OCH3 is 1. The highest BCUT2D eigenvalue weighted by molar-refractivity contribution is 8.00. The molecule has 1 aliphatic heterocycles. The molecule has 1 saturated carbocycles. The van der Waals surface area contributed by atoms with Crippen LogP contribution in [0.5, 0.6) is 11.5 Å². The van der Waals surface area contributed by atoms with Crippen molar-refractivity contribution in [2.75, 3.05) is 13.7 Å². The van der Waals surface area contributed by atoms with Crippen LogP contribution in [0.25, 0.3) is 0 Å². The molecule has 1 aliphatic carbocycles. The first-order valence-corrected chi connectivity index (χ1v) is 11.6. The van der Waals surface area contributed by atoms with E-state index in [1.807, 2.05) is 30.0 Å². The maximum absolute atomic E-state index is 10.7. The second-order valence-corrected chi connectivity index (χ2v) is 9.69. The molecule has 1 aromatic rings. The van der Waals surface area contributed by atoms with Gasteiger partial charge in [0, 0.05) is 22.8 Å². The van der Waals surface area contributed by atoms with E-state index in [1.165, 1.54) is 0 Å². The number of hydrogen-bond acceptors (Lipinski definition) is 6. The summed E-state index contributed by atoms with van der Waals surface area (Å²) in [5.41, 5.74) is 0. The number of ether oxygens (including phenoxy) is 2. The Balaban J connectivity index is 1.45. The first-order chi connectivity index (χ1) is 14.5. The largest absolute Gasteiger partial charge is 0.497 e. The highest BCUT2D eigenvalue weighted by Gasteiger charge is 2.44. The number of aliphatic carboxylic acids is 1. The SMILES string of the molecule is COc1ccc(OC[C@H](O)C=C[C@@H]2[C@H]3CC[C@H](CCCC(=O)O)S[C@H]3C[C@H]2O)cc1. The molecule has 3 N–H and O–H groups in total. The predicted molar refractivity (Wildman–Crippen MR) is 117 cm³/mol. The summed E-state index contributed by atoms with van der Waals surface area (Å²) < 4.78 is 10.7. The molecule has 0 radical (unpaired) electrons. The molecule has 30 heavy (non-hydrogen) atoms. The van der Waals surface area contributed by atoms with Crippen LogP contribution in [0.2, 0.25) is 0 Å². The van der Waals surface area contributed by atoms with Gasteiger partial charge in [-0.3, -0.25) is 4.79 Å². The Hall–Kier alpha value is -1.70. The average molecular weight is 437 g/mol. The standard InChI is InChI=1S/C23H32O6S/c1-28-16-6-8-17(9-7-16)29-14-15(24)5-11-19-20-12-10-18(3-2-4-23(26)27)30-22(20)13-21(19)25/h5-9,11,15,18-22,24-25H,2-4,10,12-14H2,1H3,(H,26,27)/t15-,18+,19-,20-,21-,22+/m1/s1. The van der Waals surface area contributed by atoms with E-state index < -0.39 is 18.2 Å². The number of hydrogen-bond donors (Lipinski definition) is 3. The van der Waals surface area contributed by atoms with Gasteiger partial charge in [-0.05, 0) is 62.3 Å². The van der Waals surface area contributed by atoms with Gasteiger partial charge in [-0.1, -0.05) is 12.2 Å². The zero-order valence-corrected chi connectivity index (χ0v) is 18.2. The maximum Gasteiger partial charge on any atom is 0.303 e. The van der Waals surface area contributed by atoms with Crippen molar-refractivity contribution in [3.63, 3.8) is 0 Å². The van der Waals surface area contributed by atoms with Gasteiger partial charge in [0.15, 0.2) is 0 Å². The summed E-state index contributed by atoms with van der Waals surface area (Å²) in [5.74, 6) is 1.15. The molecule has 166 valence electrons. The second kappa shape index (κ2) is 11.1. The quantitative estimate of drug-likeness (QED) is 0.483. The fraction of sp³-hybridized carbons (Fsp3) is 0.609. The summed E-state index contributed by atoms with van der Waals surface area (Å²) in [4.78, 5) is 10.7. The first-order valence-electron chi connectivity index (χ1n) is 10.6. The number of carboxylic acids is 1. The lowest BCUT2D eigenvalue weighted by Gasteiger charge is -2.33. The fourth-order valence-electron chi connectivity index (χ4n) is 4.46. The molecule has 6 atom stereocenters. The Kier molecular flexibility index (Phi) is 8.48. The van der Waals surface area contributed by atoms with Crippen molar-refractivity contribution in [1.29, 1.82) is 0 Å². The van der Waals surface area contributed by atoms with Crippen LogP contribution in [0.15, 0.2) is 36.4 Å². The molecule has 0 amide bonds. The van der Waals surface area contributed by atoms with E-state index in [-0.39, 0.29) is 18.9 Å². The second-order valence-electron chi connectivity index (χ2n) is 8.14. The van der Waals surface area contributed by atoms with E-state index in [2.05, 4.69) is 0 Å². The van der Waals surface area contributed by atoms with Crippen LogP contribution in [0, 0.1) is 11.8 Å². The van der Waals surface area contributed by atoms with E-state index in [0.717, 1.165) is 37.9 Å². The molecular weight excluding hydrogens is 404 g/mol. The van der Waals surface area contributed by atoms with E-state index in [0.29, 0.717) is 22.2 Å². The number of aliphatic hydroxyl groups excluding tert-OH is 2. The molecule has 3 rings (SSSR count). The van der Waals surface area contributed by atoms with E-state index >= 15 is 0 Å². The lowest BCUT2D eigenvalue weighted by molar-refractivity contribution is -0.137. The van der Waals surface area contributed by atoms with Crippen molar-refractivity contribution < 1.29 is 29.6 Å². The molecule has 0 bridgehead atoms. The van der Waals surface area contributed by atoms with Gasteiger partial charge in [0.1, 0.15) is 24.2 Å². The van der Waals surface area contributed by atoms with Gasteiger partial charge >= 0.3 is 5.97 Å². The van der Waals surface area contributed by atoms with Gasteiger partial charge in [-0.2, -0.15) is 11.8 Å². The van der Waals surface area contributed by atoms with Crippen molar-refractivity contribution in [1.82, 2.24) is 0 Å². The minimum atomic E-state index is -0.738. The van der Waals surface area contributed by atoms with Crippen LogP contribution in [0.3, 0.4) is 0 Å². The molecule has 1 heterocycles. The summed E-state index contributed by atoms with van der Waals surface area (Å²) in [7, 11) is 1.61. The summed E-state index contributed by atoms with van der Waals surface area (Å²) >= 11 is 1.92. The summed E-state index contributed by atoms with van der Waals surface area (Å²) in [6.45, 7) is 0.153. The van der Waals surface area contributed by atoms with Crippen LogP contribution in [-0.4, -0.2) is 57.7 Å². The third-order valence-corrected chi connectivity index (χ3v) is 7.78. The molecule has 2 fully saturated rings. The molecule has 0 spiro atoms. The number of fused-ring (bicyclic) bond motifs is 1. The van der Waals surface area contributed by atoms with E-state index in [1.54, 1.807) is 25.3 Å². The molecule has 0 unspecified atom stereocenters. The van der Waals surface area contributed by atoms with Crippen molar-refractivity contribution in [3.05, 3.63) is 36.4 Å². The predicted octanol–water partition coefficient (Wildman–Crippen LogP) is 3.51. The number of rotatable bonds is 10. The van der Waals surface area contributed by atoms with Crippen LogP contribution >= 0.6 is 11.8 Å². The topological polar surface area (TPSA) is 96.2 Å². The Morgan fingerprint density at radius 2 is 2.00 bits per heavy atom. The smallest absolute Gasteiger partial charge is 0.303 e. The van der Waals surface area contributed by atoms with Gasteiger partial charge in [-0.15, -0.1) is 0 Å². The normalized spacial score (nSPS) is 29.5. The molecular formula is C23H32O6S. The monoisotopic (exact) mass is 436 g/mol. The molecule has 0 aromatic heterocycles. The van der Waals surface area contributed by atoms with E-state index in [4.69, 9.17) is 14.6 Å². The van der Waals surface area contributed by atoms with Crippen molar-refractivity contribution in [2.45, 2.75) is 61.2 Å². The van der Waals surface area contributed by atoms with Crippen molar-refractivity contribution >= 4 is 17.7 Å². The molecule has 1 aromatic carbocycles. The Morgan fingerprint density at radius 1 is 1.27 bits per heavy atom. The van der Waals surface area contributed by atoms with Crippen LogP contribution in [0.1, 0.15) is 38.5 Å². The lowest BCUT2D eigenvalue weighted by atomic mass is 9.88. The number of carboxylic acid groups (broad SMARTS) is 1. The van der Waals surface area contributed by atoms with Gasteiger partial charge < -0.3 is 24.8 Å². The Bertz CT molecular complexity index is 706. The maximum atomic E-state index is 10.7. The van der Waals surface area contributed by atoms with Crippen LogP contribution in [0.4, 0.5) is 0 Å². The zero-order valence-electron chi connectivity index (χ0n) is 17.4. The number of thioether (sulfide) groups is 1. The molecule has 1 saturated heterocycles. The van der Waals surface area contributed by atoms with Crippen molar-refractivity contribution in [3.8, 4) is 11.5 Å². The lowest BCUT2D eigenvalue weighted by Crippen LogP contribution is -2.27. The molecule has 6 nitrogen and oxygen atoms in total. The van der Waals surface area contributed by atoms with Gasteiger partial charge in [0.2, 0.25) is 0 Å². The van der Waals surface area contributed by atoms with E-state index in [9.17, 15) is 15.0 Å². The number of aliphatic hydroxyl groups is 2. The van der Waals surface area contributed by atoms with Crippen LogP contribution in [-0.2, 0) is 4.79 Å². The van der Waals surface area contributed by atoms with Gasteiger partial charge in [-0.25, -0.2) is 0 Å². The van der Waals surface area contributed by atoms with Gasteiger partial charge in [0.05, 0.1) is 13.2 Å². The zero-order chi connectivity index (χ0) is 21.5. The van der Waals surface area contributed by atoms with Crippen LogP contribution < -0.4 is 9.47 Å². The number of benzene rings is 1. The molecule has 2 aliphatic rings. The Labute approximate surface area is 182 Å². The summed E-state index contributed by atoms with van der Waals surface area (Å²) in [6.07, 6.45) is 7.31. The minimum absolute atomic E-state index is 0.0538. The first kappa shape index (κ1) is 23.0. The third-order valence-electron chi connectivity index (χ3n) is 6.03. The Morgan fingerprint density at radius 3 is 2.70 bits per heavy atom. The number of carbonyl (C=O) groups is 1. The third kappa shape index (κ3) is 6.40. The van der Waals surface area contributed by atoms with Gasteiger partial charge in [0.25, 0.3) is 0 Å². The molecule has 7 heteroatoms. The minimum Gasteiger partial charge on any atom is -0.497 e. The highest BCUT2D eigenvalue weighted by Crippen LogP contribution is 2.49. The summed E-state index contributed by atoms with van der Waals surface area (Å²) in [6, 6.07) is 7.21. The van der Waals surface area contributed by atoms with Crippen molar-refractivity contribution in [2.24, 2.45) is 11.8 Å². The fourth-order valence-corrected chi connectivity index (χ4v) is 6.36.